The van der Waals surface area contributed by atoms with Crippen LogP contribution in [0.4, 0.5) is 5.69 Å². The molecule has 1 fully saturated rings. The molecule has 1 aromatic rings. The number of rotatable bonds is 4. The fourth-order valence-corrected chi connectivity index (χ4v) is 2.34. The smallest absolute Gasteiger partial charge is 0.287 e. The number of aromatic nitrogens is 1. The maximum Gasteiger partial charge on any atom is 0.287 e. The fourth-order valence-electron chi connectivity index (χ4n) is 2.34. The number of carbonyl (C=O) groups excluding carboxylic acids is 1. The lowest BCUT2D eigenvalue weighted by molar-refractivity contribution is -0.384. The molecule has 1 aromatic heterocycles. The van der Waals surface area contributed by atoms with Crippen LogP contribution in [0.3, 0.4) is 0 Å². The number of nitrogens with one attached hydrogen (secondary N) is 2. The molecule has 2 N–H and O–H groups in total. The molecule has 0 aromatic carbocycles. The zero-order chi connectivity index (χ0) is 13.0. The zero-order valence-corrected chi connectivity index (χ0v) is 10.1. The number of nitro groups is 1. The van der Waals surface area contributed by atoms with Gasteiger partial charge in [-0.15, -0.1) is 0 Å². The molecule has 1 saturated carbocycles. The van der Waals surface area contributed by atoms with Crippen molar-refractivity contribution in [1.29, 1.82) is 0 Å². The quantitative estimate of drug-likeness (QED) is 0.635. The predicted octanol–water partition coefficient (Wildman–Crippen LogP) is 2.23. The van der Waals surface area contributed by atoms with Crippen molar-refractivity contribution in [1.82, 2.24) is 10.3 Å². The summed E-state index contributed by atoms with van der Waals surface area (Å²) in [4.78, 5) is 24.4. The normalized spacial score (nSPS) is 16.4. The summed E-state index contributed by atoms with van der Waals surface area (Å²) < 4.78 is 0. The number of carbonyl (C=O) groups is 1. The molecule has 18 heavy (non-hydrogen) atoms. The molecule has 6 nitrogen and oxygen atoms in total. The number of H-pyrrole nitrogens is 1. The standard InChI is InChI=1S/C12H17N3O3/c16-12(11-6-10(8-13-11)15(17)18)14-7-9-4-2-1-3-5-9/h6,8-9,13H,1-5,7H2,(H,14,16). The first-order valence-corrected chi connectivity index (χ1v) is 6.28. The highest BCUT2D eigenvalue weighted by atomic mass is 16.6. The van der Waals surface area contributed by atoms with E-state index in [9.17, 15) is 14.9 Å². The van der Waals surface area contributed by atoms with Crippen molar-refractivity contribution in [3.63, 3.8) is 0 Å². The van der Waals surface area contributed by atoms with Crippen LogP contribution >= 0.6 is 0 Å². The van der Waals surface area contributed by atoms with Gasteiger partial charge in [0.2, 0.25) is 0 Å². The Labute approximate surface area is 105 Å². The second-order valence-corrected chi connectivity index (χ2v) is 4.74. The first-order valence-electron chi connectivity index (χ1n) is 6.28. The molecule has 0 radical (unpaired) electrons. The SMILES string of the molecule is O=C(NCC1CCCCC1)c1cc([N+](=O)[O-])c[nH]1. The van der Waals surface area contributed by atoms with Gasteiger partial charge in [0.15, 0.2) is 0 Å². The fraction of sp³-hybridized carbons (Fsp3) is 0.583. The Morgan fingerprint density at radius 1 is 1.44 bits per heavy atom. The molecular weight excluding hydrogens is 234 g/mol. The summed E-state index contributed by atoms with van der Waals surface area (Å²) in [7, 11) is 0. The van der Waals surface area contributed by atoms with Crippen molar-refractivity contribution < 1.29 is 9.72 Å². The Kier molecular flexibility index (Phi) is 3.96. The van der Waals surface area contributed by atoms with Crippen molar-refractivity contribution in [2.24, 2.45) is 5.92 Å². The monoisotopic (exact) mass is 251 g/mol. The molecule has 1 heterocycles. The number of aromatic amines is 1. The molecule has 0 spiro atoms. The molecule has 0 saturated heterocycles. The van der Waals surface area contributed by atoms with Crippen molar-refractivity contribution in [2.45, 2.75) is 32.1 Å². The molecule has 0 aliphatic heterocycles. The molecule has 6 heteroatoms. The highest BCUT2D eigenvalue weighted by Gasteiger charge is 2.17. The van der Waals surface area contributed by atoms with Gasteiger partial charge in [-0.05, 0) is 18.8 Å². The van der Waals surface area contributed by atoms with E-state index in [1.807, 2.05) is 0 Å². The lowest BCUT2D eigenvalue weighted by Gasteiger charge is -2.21. The Morgan fingerprint density at radius 2 is 2.17 bits per heavy atom. The van der Waals surface area contributed by atoms with E-state index in [1.54, 1.807) is 0 Å². The van der Waals surface area contributed by atoms with Crippen LogP contribution < -0.4 is 5.32 Å². The first kappa shape index (κ1) is 12.6. The summed E-state index contributed by atoms with van der Waals surface area (Å²) in [6.45, 7) is 0.658. The summed E-state index contributed by atoms with van der Waals surface area (Å²) in [5, 5.41) is 13.3. The van der Waals surface area contributed by atoms with Gasteiger partial charge in [-0.25, -0.2) is 0 Å². The van der Waals surface area contributed by atoms with E-state index in [-0.39, 0.29) is 17.3 Å². The van der Waals surface area contributed by atoms with Gasteiger partial charge in [0, 0.05) is 12.6 Å². The summed E-state index contributed by atoms with van der Waals surface area (Å²) in [6.07, 6.45) is 7.29. The lowest BCUT2D eigenvalue weighted by atomic mass is 9.89. The van der Waals surface area contributed by atoms with E-state index in [1.165, 1.54) is 31.5 Å². The summed E-state index contributed by atoms with van der Waals surface area (Å²) in [6, 6.07) is 1.26. The molecule has 0 atom stereocenters. The molecule has 0 unspecified atom stereocenters. The molecule has 0 bridgehead atoms. The van der Waals surface area contributed by atoms with E-state index >= 15 is 0 Å². The van der Waals surface area contributed by atoms with Crippen molar-refractivity contribution in [3.05, 3.63) is 28.1 Å². The van der Waals surface area contributed by atoms with Gasteiger partial charge >= 0.3 is 0 Å². The highest BCUT2D eigenvalue weighted by Crippen LogP contribution is 2.22. The predicted molar refractivity (Wildman–Crippen MR) is 66.4 cm³/mol. The van der Waals surface area contributed by atoms with Crippen LogP contribution in [0.25, 0.3) is 0 Å². The number of hydrogen-bond acceptors (Lipinski definition) is 3. The Bertz CT molecular complexity index is 436. The maximum absolute atomic E-state index is 11.8. The summed E-state index contributed by atoms with van der Waals surface area (Å²) >= 11 is 0. The van der Waals surface area contributed by atoms with Gasteiger partial charge in [0.05, 0.1) is 11.1 Å². The minimum absolute atomic E-state index is 0.0854. The Hall–Kier alpha value is -1.85. The average molecular weight is 251 g/mol. The minimum Gasteiger partial charge on any atom is -0.351 e. The largest absolute Gasteiger partial charge is 0.351 e. The molecule has 1 aliphatic carbocycles. The van der Waals surface area contributed by atoms with Gasteiger partial charge in [-0.1, -0.05) is 19.3 Å². The van der Waals surface area contributed by atoms with Gasteiger partial charge < -0.3 is 10.3 Å². The molecule has 98 valence electrons. The van der Waals surface area contributed by atoms with E-state index < -0.39 is 4.92 Å². The van der Waals surface area contributed by atoms with Crippen LogP contribution in [0.5, 0.6) is 0 Å². The van der Waals surface area contributed by atoms with Gasteiger partial charge in [0.1, 0.15) is 5.69 Å². The Morgan fingerprint density at radius 3 is 2.78 bits per heavy atom. The number of hydrogen-bond donors (Lipinski definition) is 2. The molecule has 1 amide bonds. The zero-order valence-electron chi connectivity index (χ0n) is 10.1. The van der Waals surface area contributed by atoms with Crippen LogP contribution in [0.15, 0.2) is 12.3 Å². The number of nitrogens with zero attached hydrogens (tertiary/aromatic N) is 1. The van der Waals surface area contributed by atoms with Gasteiger partial charge in [0.25, 0.3) is 11.6 Å². The van der Waals surface area contributed by atoms with Crippen molar-refractivity contribution >= 4 is 11.6 Å². The maximum atomic E-state index is 11.8. The second-order valence-electron chi connectivity index (χ2n) is 4.74. The third-order valence-electron chi connectivity index (χ3n) is 3.40. The molecule has 1 aliphatic rings. The van der Waals surface area contributed by atoms with Gasteiger partial charge in [-0.3, -0.25) is 14.9 Å². The topological polar surface area (TPSA) is 88.0 Å². The van der Waals surface area contributed by atoms with Crippen LogP contribution in [-0.2, 0) is 0 Å². The molecular formula is C12H17N3O3. The molecule has 2 rings (SSSR count). The van der Waals surface area contributed by atoms with E-state index in [2.05, 4.69) is 10.3 Å². The lowest BCUT2D eigenvalue weighted by Crippen LogP contribution is -2.30. The number of amides is 1. The van der Waals surface area contributed by atoms with Crippen LogP contribution in [0, 0.1) is 16.0 Å². The summed E-state index contributed by atoms with van der Waals surface area (Å²) in [5.74, 6) is 0.279. The first-order chi connectivity index (χ1) is 8.66. The summed E-state index contributed by atoms with van der Waals surface area (Å²) in [5.41, 5.74) is 0.162. The van der Waals surface area contributed by atoms with Crippen LogP contribution in [0.1, 0.15) is 42.6 Å². The van der Waals surface area contributed by atoms with Crippen molar-refractivity contribution in [2.75, 3.05) is 6.54 Å². The Balaban J connectivity index is 1.84. The van der Waals surface area contributed by atoms with E-state index in [0.717, 1.165) is 12.8 Å². The third-order valence-corrected chi connectivity index (χ3v) is 3.40. The van der Waals surface area contributed by atoms with Crippen LogP contribution in [-0.4, -0.2) is 22.4 Å². The minimum atomic E-state index is -0.519. The third kappa shape index (κ3) is 3.09. The average Bonchev–Trinajstić information content (AvgIpc) is 2.87. The van der Waals surface area contributed by atoms with Crippen LogP contribution in [0.2, 0.25) is 0 Å². The second kappa shape index (κ2) is 5.66. The van der Waals surface area contributed by atoms with E-state index in [0.29, 0.717) is 12.5 Å². The van der Waals surface area contributed by atoms with E-state index in [4.69, 9.17) is 0 Å². The highest BCUT2D eigenvalue weighted by molar-refractivity contribution is 5.93. The van der Waals surface area contributed by atoms with Gasteiger partial charge in [-0.2, -0.15) is 0 Å². The van der Waals surface area contributed by atoms with Crippen molar-refractivity contribution in [3.8, 4) is 0 Å².